The van der Waals surface area contributed by atoms with E-state index in [0.717, 1.165) is 43.1 Å². The van der Waals surface area contributed by atoms with Crippen molar-refractivity contribution in [3.05, 3.63) is 46.2 Å². The number of carbonyl (C=O) groups is 1. The number of piperidine rings is 1. The first-order valence-electron chi connectivity index (χ1n) is 8.60. The minimum Gasteiger partial charge on any atom is -0.341 e. The van der Waals surface area contributed by atoms with E-state index in [9.17, 15) is 4.79 Å². The van der Waals surface area contributed by atoms with E-state index in [1.165, 1.54) is 0 Å². The zero-order valence-corrected chi connectivity index (χ0v) is 15.6. The highest BCUT2D eigenvalue weighted by Crippen LogP contribution is 2.22. The van der Waals surface area contributed by atoms with Crippen LogP contribution < -0.4 is 10.2 Å². The van der Waals surface area contributed by atoms with Gasteiger partial charge in [0, 0.05) is 29.5 Å². The molecule has 0 radical (unpaired) electrons. The van der Waals surface area contributed by atoms with E-state index in [-0.39, 0.29) is 5.91 Å². The zero-order valence-electron chi connectivity index (χ0n) is 14.8. The summed E-state index contributed by atoms with van der Waals surface area (Å²) in [6, 6.07) is 7.17. The van der Waals surface area contributed by atoms with E-state index in [0.29, 0.717) is 22.4 Å². The quantitative estimate of drug-likeness (QED) is 0.891. The maximum atomic E-state index is 12.6. The molecule has 5 nitrogen and oxygen atoms in total. The number of amides is 1. The van der Waals surface area contributed by atoms with Gasteiger partial charge in [0.25, 0.3) is 5.91 Å². The summed E-state index contributed by atoms with van der Waals surface area (Å²) in [5.74, 6) is 1.12. The third kappa shape index (κ3) is 4.28. The highest BCUT2D eigenvalue weighted by molar-refractivity contribution is 6.31. The fourth-order valence-electron chi connectivity index (χ4n) is 2.88. The third-order valence-corrected chi connectivity index (χ3v) is 4.98. The van der Waals surface area contributed by atoms with Crippen molar-refractivity contribution in [2.75, 3.05) is 23.3 Å². The predicted molar refractivity (Wildman–Crippen MR) is 102 cm³/mol. The molecule has 1 amide bonds. The summed E-state index contributed by atoms with van der Waals surface area (Å²) in [4.78, 5) is 23.7. The van der Waals surface area contributed by atoms with Gasteiger partial charge in [0.2, 0.25) is 5.95 Å². The van der Waals surface area contributed by atoms with Gasteiger partial charge in [-0.25, -0.2) is 9.97 Å². The lowest BCUT2D eigenvalue weighted by Crippen LogP contribution is -2.34. The lowest BCUT2D eigenvalue weighted by molar-refractivity contribution is 0.102. The summed E-state index contributed by atoms with van der Waals surface area (Å²) in [5, 5.41) is 3.48. The summed E-state index contributed by atoms with van der Waals surface area (Å²) in [6.45, 7) is 7.93. The van der Waals surface area contributed by atoms with Gasteiger partial charge in [-0.15, -0.1) is 0 Å². The van der Waals surface area contributed by atoms with Crippen molar-refractivity contribution >= 4 is 29.1 Å². The Kier molecular flexibility index (Phi) is 5.23. The van der Waals surface area contributed by atoms with Crippen LogP contribution in [0.2, 0.25) is 5.02 Å². The van der Waals surface area contributed by atoms with Crippen molar-refractivity contribution in [1.82, 2.24) is 9.97 Å². The fourth-order valence-corrected chi connectivity index (χ4v) is 3.07. The summed E-state index contributed by atoms with van der Waals surface area (Å²) >= 11 is 6.12. The van der Waals surface area contributed by atoms with Crippen LogP contribution in [0, 0.1) is 19.8 Å². The molecule has 0 unspecified atom stereocenters. The first-order valence-corrected chi connectivity index (χ1v) is 8.98. The Hall–Kier alpha value is -2.14. The van der Waals surface area contributed by atoms with Crippen LogP contribution in [0.25, 0.3) is 0 Å². The molecule has 132 valence electrons. The molecule has 1 fully saturated rings. The number of carbonyl (C=O) groups excluding carboxylic acids is 1. The molecule has 2 aromatic rings. The SMILES string of the molecule is Cc1cc(C(=O)Nc2ccc(C)c(Cl)c2)nc(N2CCC(C)CC2)n1. The lowest BCUT2D eigenvalue weighted by atomic mass is 10.00. The molecule has 0 atom stereocenters. The van der Waals surface area contributed by atoms with Gasteiger partial charge in [-0.3, -0.25) is 4.79 Å². The minimum absolute atomic E-state index is 0.253. The number of hydrogen-bond acceptors (Lipinski definition) is 4. The number of hydrogen-bond donors (Lipinski definition) is 1. The van der Waals surface area contributed by atoms with Gasteiger partial charge < -0.3 is 10.2 Å². The van der Waals surface area contributed by atoms with E-state index in [1.807, 2.05) is 26.0 Å². The Labute approximate surface area is 153 Å². The number of nitrogens with one attached hydrogen (secondary N) is 1. The molecule has 1 aliphatic rings. The summed E-state index contributed by atoms with van der Waals surface area (Å²) < 4.78 is 0. The second-order valence-electron chi connectivity index (χ2n) is 6.78. The lowest BCUT2D eigenvalue weighted by Gasteiger charge is -2.30. The van der Waals surface area contributed by atoms with Crippen LogP contribution >= 0.6 is 11.6 Å². The van der Waals surface area contributed by atoms with Crippen LogP contribution in [0.4, 0.5) is 11.6 Å². The largest absolute Gasteiger partial charge is 0.341 e. The molecule has 3 rings (SSSR count). The first-order chi connectivity index (χ1) is 11.9. The van der Waals surface area contributed by atoms with Crippen LogP contribution in [-0.2, 0) is 0 Å². The Balaban J connectivity index is 1.79. The maximum absolute atomic E-state index is 12.6. The van der Waals surface area contributed by atoms with Crippen molar-refractivity contribution in [2.24, 2.45) is 5.92 Å². The Morgan fingerprint density at radius 3 is 2.60 bits per heavy atom. The molecule has 0 saturated carbocycles. The van der Waals surface area contributed by atoms with Crippen molar-refractivity contribution < 1.29 is 4.79 Å². The molecule has 2 heterocycles. The van der Waals surface area contributed by atoms with Crippen LogP contribution in [0.1, 0.15) is 41.5 Å². The second-order valence-corrected chi connectivity index (χ2v) is 7.19. The number of aromatic nitrogens is 2. The molecule has 0 bridgehead atoms. The summed E-state index contributed by atoms with van der Waals surface area (Å²) in [6.07, 6.45) is 2.25. The van der Waals surface area contributed by atoms with Gasteiger partial charge in [0.15, 0.2) is 0 Å². The zero-order chi connectivity index (χ0) is 18.0. The Morgan fingerprint density at radius 2 is 1.92 bits per heavy atom. The standard InChI is InChI=1S/C19H23ClN4O/c1-12-6-8-24(9-7-12)19-21-14(3)10-17(23-19)18(25)22-15-5-4-13(2)16(20)11-15/h4-5,10-12H,6-9H2,1-3H3,(H,22,25). The number of halogens is 1. The van der Waals surface area contributed by atoms with Crippen molar-refractivity contribution in [3.8, 4) is 0 Å². The Morgan fingerprint density at radius 1 is 1.20 bits per heavy atom. The molecule has 25 heavy (non-hydrogen) atoms. The molecule has 1 aromatic carbocycles. The number of nitrogens with zero attached hydrogens (tertiary/aromatic N) is 3. The highest BCUT2D eigenvalue weighted by atomic mass is 35.5. The van der Waals surface area contributed by atoms with Gasteiger partial charge in [0.05, 0.1) is 0 Å². The van der Waals surface area contributed by atoms with E-state index in [1.54, 1.807) is 12.1 Å². The van der Waals surface area contributed by atoms with Gasteiger partial charge in [-0.1, -0.05) is 24.6 Å². The van der Waals surface area contributed by atoms with Gasteiger partial charge in [-0.2, -0.15) is 0 Å². The number of benzene rings is 1. The maximum Gasteiger partial charge on any atom is 0.274 e. The van der Waals surface area contributed by atoms with Gasteiger partial charge in [-0.05, 0) is 56.4 Å². The van der Waals surface area contributed by atoms with Crippen molar-refractivity contribution in [3.63, 3.8) is 0 Å². The van der Waals surface area contributed by atoms with E-state index < -0.39 is 0 Å². The van der Waals surface area contributed by atoms with E-state index in [4.69, 9.17) is 11.6 Å². The molecule has 1 N–H and O–H groups in total. The van der Waals surface area contributed by atoms with Crippen molar-refractivity contribution in [1.29, 1.82) is 0 Å². The molecular weight excluding hydrogens is 336 g/mol. The third-order valence-electron chi connectivity index (χ3n) is 4.57. The number of anilines is 2. The normalized spacial score (nSPS) is 15.3. The number of rotatable bonds is 3. The Bertz CT molecular complexity index is 785. The monoisotopic (exact) mass is 358 g/mol. The predicted octanol–water partition coefficient (Wildman–Crippen LogP) is 4.24. The first kappa shape index (κ1) is 17.7. The van der Waals surface area contributed by atoms with Gasteiger partial charge >= 0.3 is 0 Å². The highest BCUT2D eigenvalue weighted by Gasteiger charge is 2.20. The minimum atomic E-state index is -0.253. The molecule has 6 heteroatoms. The van der Waals surface area contributed by atoms with Crippen LogP contribution in [0.15, 0.2) is 24.3 Å². The molecule has 1 aliphatic heterocycles. The van der Waals surface area contributed by atoms with Crippen LogP contribution in [0.3, 0.4) is 0 Å². The van der Waals surface area contributed by atoms with Gasteiger partial charge in [0.1, 0.15) is 5.69 Å². The summed E-state index contributed by atoms with van der Waals surface area (Å²) in [5.41, 5.74) is 2.79. The average Bonchev–Trinajstić information content (AvgIpc) is 2.58. The molecular formula is C19H23ClN4O. The van der Waals surface area contributed by atoms with Crippen LogP contribution in [-0.4, -0.2) is 29.0 Å². The summed E-state index contributed by atoms with van der Waals surface area (Å²) in [7, 11) is 0. The van der Waals surface area contributed by atoms with E-state index in [2.05, 4.69) is 27.1 Å². The fraction of sp³-hybridized carbons (Fsp3) is 0.421. The smallest absolute Gasteiger partial charge is 0.274 e. The second kappa shape index (κ2) is 7.40. The number of aryl methyl sites for hydroxylation is 2. The average molecular weight is 359 g/mol. The molecule has 0 spiro atoms. The molecule has 0 aliphatic carbocycles. The van der Waals surface area contributed by atoms with E-state index >= 15 is 0 Å². The molecule has 1 aromatic heterocycles. The van der Waals surface area contributed by atoms with Crippen LogP contribution in [0.5, 0.6) is 0 Å². The van der Waals surface area contributed by atoms with Crippen molar-refractivity contribution in [2.45, 2.75) is 33.6 Å². The topological polar surface area (TPSA) is 58.1 Å². The molecule has 1 saturated heterocycles.